The molecular weight excluding hydrogens is 538 g/mol. The molecule has 0 spiro atoms. The fourth-order valence-corrected chi connectivity index (χ4v) is 4.12. The van der Waals surface area contributed by atoms with Crippen molar-refractivity contribution < 1.29 is 25.9 Å². The summed E-state index contributed by atoms with van der Waals surface area (Å²) in [6, 6.07) is 27.5. The Kier molecular flexibility index (Phi) is 9.49. The van der Waals surface area contributed by atoms with Crippen LogP contribution in [0.1, 0.15) is 11.1 Å². The third-order valence-corrected chi connectivity index (χ3v) is 7.03. The van der Waals surface area contributed by atoms with Gasteiger partial charge >= 0.3 is 0 Å². The van der Waals surface area contributed by atoms with Gasteiger partial charge in [-0.3, -0.25) is 9.11 Å². The molecule has 4 aromatic carbocycles. The van der Waals surface area contributed by atoms with Crippen LogP contribution in [0.25, 0.3) is 22.3 Å². The third-order valence-electron chi connectivity index (χ3n) is 5.30. The minimum Gasteiger partial charge on any atom is -0.399 e. The minimum atomic E-state index is -4.02. The molecule has 11 heteroatoms. The first-order valence-electron chi connectivity index (χ1n) is 11.5. The molecule has 0 fully saturated rings. The molecule has 0 aliphatic heterocycles. The number of rotatable bonds is 3. The Morgan fingerprint density at radius 2 is 1.10 bits per heavy atom. The maximum atomic E-state index is 10.5. The van der Waals surface area contributed by atoms with Gasteiger partial charge in [-0.05, 0) is 68.4 Å². The smallest absolute Gasteiger partial charge is 0.294 e. The zero-order chi connectivity index (χ0) is 28.6. The first-order chi connectivity index (χ1) is 18.3. The van der Waals surface area contributed by atoms with Crippen LogP contribution < -0.4 is 5.73 Å². The Bertz CT molecular complexity index is 1680. The van der Waals surface area contributed by atoms with E-state index in [2.05, 4.69) is 9.97 Å². The number of aryl methyl sites for hydroxylation is 2. The summed E-state index contributed by atoms with van der Waals surface area (Å²) in [6.07, 6.45) is 1.84. The Balaban J connectivity index is 0.000000169. The van der Waals surface area contributed by atoms with Gasteiger partial charge in [-0.1, -0.05) is 53.6 Å². The largest absolute Gasteiger partial charge is 0.399 e. The van der Waals surface area contributed by atoms with Gasteiger partial charge in [0.2, 0.25) is 0 Å². The number of anilines is 1. The Labute approximate surface area is 227 Å². The highest BCUT2D eigenvalue weighted by Crippen LogP contribution is 2.19. The van der Waals surface area contributed by atoms with Gasteiger partial charge < -0.3 is 5.73 Å². The Morgan fingerprint density at radius 3 is 1.56 bits per heavy atom. The van der Waals surface area contributed by atoms with Crippen molar-refractivity contribution in [3.63, 3.8) is 0 Å². The lowest BCUT2D eigenvalue weighted by Crippen LogP contribution is -1.96. The number of hydrogen-bond acceptors (Lipinski definition) is 7. The topological polar surface area (TPSA) is 161 Å². The molecule has 9 nitrogen and oxygen atoms in total. The molecule has 1 heterocycles. The maximum absolute atomic E-state index is 10.5. The standard InChI is InChI=1S/C14H11N3.2C7H8O3S/c15-12-7-5-10(6-8-12)14-16-9-11-3-1-2-4-13(11)17-14;2*1-6-2-4-7(5-3-6)11(8,9)10/h1-9H,15H2;2*2-5H,1H3,(H,8,9,10). The minimum absolute atomic E-state index is 0.0666. The lowest BCUT2D eigenvalue weighted by molar-refractivity contribution is 0.481. The van der Waals surface area contributed by atoms with Crippen LogP contribution in [0, 0.1) is 13.8 Å². The van der Waals surface area contributed by atoms with Crippen LogP contribution in [0.2, 0.25) is 0 Å². The summed E-state index contributed by atoms with van der Waals surface area (Å²) in [7, 11) is -8.04. The molecule has 0 saturated carbocycles. The summed E-state index contributed by atoms with van der Waals surface area (Å²) in [5.41, 5.74) is 10.2. The van der Waals surface area contributed by atoms with E-state index >= 15 is 0 Å². The molecule has 1 aromatic heterocycles. The Morgan fingerprint density at radius 1 is 0.641 bits per heavy atom. The molecule has 0 unspecified atom stereocenters. The highest BCUT2D eigenvalue weighted by Gasteiger charge is 2.07. The van der Waals surface area contributed by atoms with Crippen LogP contribution in [0.3, 0.4) is 0 Å². The highest BCUT2D eigenvalue weighted by atomic mass is 32.2. The number of hydrogen-bond donors (Lipinski definition) is 3. The predicted molar refractivity (Wildman–Crippen MR) is 151 cm³/mol. The number of aromatic nitrogens is 2. The number of benzene rings is 4. The third kappa shape index (κ3) is 8.97. The second-order valence-corrected chi connectivity index (χ2v) is 11.3. The van der Waals surface area contributed by atoms with Crippen LogP contribution >= 0.6 is 0 Å². The molecular formula is C28H27N3O6S2. The molecule has 0 aliphatic rings. The van der Waals surface area contributed by atoms with Gasteiger partial charge in [0.15, 0.2) is 5.82 Å². The van der Waals surface area contributed by atoms with Crippen LogP contribution in [0.15, 0.2) is 113 Å². The number of nitrogens with two attached hydrogens (primary N) is 1. The number of para-hydroxylation sites is 1. The predicted octanol–water partition coefficient (Wildman–Crippen LogP) is 5.36. The van der Waals surface area contributed by atoms with Crippen molar-refractivity contribution in [3.8, 4) is 11.4 Å². The second kappa shape index (κ2) is 12.6. The lowest BCUT2D eigenvalue weighted by atomic mass is 10.2. The van der Waals surface area contributed by atoms with Gasteiger partial charge in [-0.2, -0.15) is 16.8 Å². The molecule has 0 bridgehead atoms. The summed E-state index contributed by atoms with van der Waals surface area (Å²) in [5, 5.41) is 1.05. The molecule has 0 saturated heterocycles. The first-order valence-corrected chi connectivity index (χ1v) is 14.4. The molecule has 5 rings (SSSR count). The monoisotopic (exact) mass is 565 g/mol. The van der Waals surface area contributed by atoms with E-state index in [0.29, 0.717) is 0 Å². The van der Waals surface area contributed by atoms with Crippen LogP contribution in [-0.4, -0.2) is 35.9 Å². The van der Waals surface area contributed by atoms with E-state index < -0.39 is 20.2 Å². The van der Waals surface area contributed by atoms with E-state index in [9.17, 15) is 16.8 Å². The van der Waals surface area contributed by atoms with Crippen molar-refractivity contribution in [2.75, 3.05) is 5.73 Å². The molecule has 5 aromatic rings. The maximum Gasteiger partial charge on any atom is 0.294 e. The summed E-state index contributed by atoms with van der Waals surface area (Å²) in [5.74, 6) is 0.726. The van der Waals surface area contributed by atoms with E-state index in [1.165, 1.54) is 24.3 Å². The number of nitrogens with zero attached hydrogens (tertiary/aromatic N) is 2. The van der Waals surface area contributed by atoms with Gasteiger partial charge in [-0.25, -0.2) is 9.97 Å². The van der Waals surface area contributed by atoms with E-state index in [0.717, 1.165) is 39.1 Å². The van der Waals surface area contributed by atoms with Crippen molar-refractivity contribution in [1.82, 2.24) is 9.97 Å². The van der Waals surface area contributed by atoms with Crippen molar-refractivity contribution >= 4 is 36.8 Å². The second-order valence-electron chi connectivity index (χ2n) is 8.45. The SMILES string of the molecule is Cc1ccc(S(=O)(=O)O)cc1.Cc1ccc(S(=O)(=O)O)cc1.Nc1ccc(-c2ncc3ccccc3n2)cc1. The summed E-state index contributed by atoms with van der Waals surface area (Å²) in [4.78, 5) is 8.74. The Hall–Kier alpha value is -4.16. The molecule has 0 radical (unpaired) electrons. The summed E-state index contributed by atoms with van der Waals surface area (Å²) in [6.45, 7) is 3.68. The average Bonchev–Trinajstić information content (AvgIpc) is 2.89. The highest BCUT2D eigenvalue weighted by molar-refractivity contribution is 7.86. The summed E-state index contributed by atoms with van der Waals surface area (Å²) >= 11 is 0. The van der Waals surface area contributed by atoms with Crippen molar-refractivity contribution in [3.05, 3.63) is 114 Å². The van der Waals surface area contributed by atoms with E-state index in [1.807, 2.05) is 68.6 Å². The van der Waals surface area contributed by atoms with Gasteiger partial charge in [-0.15, -0.1) is 0 Å². The fraction of sp³-hybridized carbons (Fsp3) is 0.0714. The molecule has 202 valence electrons. The van der Waals surface area contributed by atoms with Gasteiger partial charge in [0, 0.05) is 22.8 Å². The lowest BCUT2D eigenvalue weighted by Gasteiger charge is -2.02. The first kappa shape index (κ1) is 29.4. The molecule has 4 N–H and O–H groups in total. The van der Waals surface area contributed by atoms with Crippen molar-refractivity contribution in [2.24, 2.45) is 0 Å². The van der Waals surface area contributed by atoms with Gasteiger partial charge in [0.05, 0.1) is 15.3 Å². The molecule has 0 atom stereocenters. The molecule has 0 amide bonds. The van der Waals surface area contributed by atoms with Crippen LogP contribution in [0.4, 0.5) is 5.69 Å². The summed E-state index contributed by atoms with van der Waals surface area (Å²) < 4.78 is 59.1. The van der Waals surface area contributed by atoms with E-state index in [4.69, 9.17) is 14.8 Å². The van der Waals surface area contributed by atoms with Gasteiger partial charge in [0.1, 0.15) is 0 Å². The van der Waals surface area contributed by atoms with Crippen LogP contribution in [-0.2, 0) is 20.2 Å². The van der Waals surface area contributed by atoms with Gasteiger partial charge in [0.25, 0.3) is 20.2 Å². The molecule has 39 heavy (non-hydrogen) atoms. The van der Waals surface area contributed by atoms with E-state index in [-0.39, 0.29) is 9.79 Å². The van der Waals surface area contributed by atoms with E-state index in [1.54, 1.807) is 24.3 Å². The van der Waals surface area contributed by atoms with Crippen molar-refractivity contribution in [1.29, 1.82) is 0 Å². The quantitative estimate of drug-likeness (QED) is 0.193. The zero-order valence-electron chi connectivity index (χ0n) is 21.1. The van der Waals surface area contributed by atoms with Crippen LogP contribution in [0.5, 0.6) is 0 Å². The zero-order valence-corrected chi connectivity index (χ0v) is 22.8. The molecule has 0 aliphatic carbocycles. The number of fused-ring (bicyclic) bond motifs is 1. The number of nitrogen functional groups attached to an aromatic ring is 1. The average molecular weight is 566 g/mol. The normalized spacial score (nSPS) is 11.1. The fourth-order valence-electron chi connectivity index (χ4n) is 3.16. The van der Waals surface area contributed by atoms with Crippen molar-refractivity contribution in [2.45, 2.75) is 23.6 Å².